The van der Waals surface area contributed by atoms with Gasteiger partial charge in [0, 0.05) is 0 Å². The van der Waals surface area contributed by atoms with Crippen molar-refractivity contribution < 1.29 is 0 Å². The summed E-state index contributed by atoms with van der Waals surface area (Å²) in [7, 11) is 0. The van der Waals surface area contributed by atoms with E-state index in [4.69, 9.17) is 0 Å². The van der Waals surface area contributed by atoms with Crippen molar-refractivity contribution in [1.29, 1.82) is 0 Å². The van der Waals surface area contributed by atoms with Crippen LogP contribution in [0.15, 0.2) is 30.3 Å². The molecule has 1 heteroatoms. The van der Waals surface area contributed by atoms with Gasteiger partial charge in [0.1, 0.15) is 0 Å². The van der Waals surface area contributed by atoms with E-state index in [0.29, 0.717) is 5.41 Å². The van der Waals surface area contributed by atoms with Crippen molar-refractivity contribution in [2.75, 3.05) is 19.6 Å². The number of nitrogens with zero attached hydrogens (tertiary/aromatic N) is 1. The topological polar surface area (TPSA) is 3.24 Å². The SMILES string of the molecule is CCN(CC)CCC(c1ccccc1)C12CC3CC(CC(C3)C1)C2. The van der Waals surface area contributed by atoms with Crippen LogP contribution in [-0.2, 0) is 0 Å². The monoisotopic (exact) mass is 325 g/mol. The summed E-state index contributed by atoms with van der Waals surface area (Å²) in [6.07, 6.45) is 10.6. The van der Waals surface area contributed by atoms with Crippen LogP contribution in [0.5, 0.6) is 0 Å². The molecular formula is C23H35N. The van der Waals surface area contributed by atoms with E-state index in [1.54, 1.807) is 24.8 Å². The second-order valence-electron chi connectivity index (χ2n) is 9.06. The summed E-state index contributed by atoms with van der Waals surface area (Å²) in [4.78, 5) is 2.62. The van der Waals surface area contributed by atoms with Gasteiger partial charge >= 0.3 is 0 Å². The lowest BCUT2D eigenvalue weighted by atomic mass is 9.45. The number of hydrogen-bond acceptors (Lipinski definition) is 1. The minimum atomic E-state index is 0.628. The van der Waals surface area contributed by atoms with Crippen LogP contribution in [0.1, 0.15) is 70.3 Å². The summed E-state index contributed by atoms with van der Waals surface area (Å²) in [5.41, 5.74) is 2.26. The molecule has 4 bridgehead atoms. The zero-order chi connectivity index (χ0) is 16.6. The van der Waals surface area contributed by atoms with Gasteiger partial charge in [-0.3, -0.25) is 0 Å². The van der Waals surface area contributed by atoms with Gasteiger partial charge in [0.25, 0.3) is 0 Å². The summed E-state index contributed by atoms with van der Waals surface area (Å²) < 4.78 is 0. The third-order valence-electron chi connectivity index (χ3n) is 7.66. The molecule has 0 heterocycles. The smallest absolute Gasteiger partial charge is 0.00129 e. The second kappa shape index (κ2) is 6.83. The highest BCUT2D eigenvalue weighted by Gasteiger charge is 2.54. The van der Waals surface area contributed by atoms with Gasteiger partial charge in [-0.15, -0.1) is 0 Å². The summed E-state index contributed by atoms with van der Waals surface area (Å²) in [5, 5.41) is 0. The Morgan fingerprint density at radius 1 is 0.917 bits per heavy atom. The fourth-order valence-corrected chi connectivity index (χ4v) is 6.97. The average Bonchev–Trinajstić information content (AvgIpc) is 2.58. The first-order valence-corrected chi connectivity index (χ1v) is 10.5. The van der Waals surface area contributed by atoms with E-state index in [1.807, 2.05) is 0 Å². The molecule has 4 fully saturated rings. The summed E-state index contributed by atoms with van der Waals surface area (Å²) in [6.45, 7) is 8.28. The average molecular weight is 326 g/mol. The minimum Gasteiger partial charge on any atom is -0.304 e. The van der Waals surface area contributed by atoms with Crippen LogP contribution >= 0.6 is 0 Å². The van der Waals surface area contributed by atoms with Crippen molar-refractivity contribution in [1.82, 2.24) is 4.90 Å². The molecule has 1 aromatic carbocycles. The molecule has 0 spiro atoms. The van der Waals surface area contributed by atoms with Crippen LogP contribution < -0.4 is 0 Å². The fraction of sp³-hybridized carbons (Fsp3) is 0.739. The summed E-state index contributed by atoms with van der Waals surface area (Å²) in [6, 6.07) is 11.6. The van der Waals surface area contributed by atoms with E-state index < -0.39 is 0 Å². The van der Waals surface area contributed by atoms with Crippen LogP contribution in [-0.4, -0.2) is 24.5 Å². The van der Waals surface area contributed by atoms with Gasteiger partial charge in [-0.2, -0.15) is 0 Å². The van der Waals surface area contributed by atoms with Gasteiger partial charge in [0.2, 0.25) is 0 Å². The number of hydrogen-bond donors (Lipinski definition) is 0. The lowest BCUT2D eigenvalue weighted by Crippen LogP contribution is -2.49. The van der Waals surface area contributed by atoms with Crippen LogP contribution in [0.4, 0.5) is 0 Å². The molecule has 0 saturated heterocycles. The highest BCUT2D eigenvalue weighted by Crippen LogP contribution is 2.65. The van der Waals surface area contributed by atoms with Gasteiger partial charge in [-0.25, -0.2) is 0 Å². The third kappa shape index (κ3) is 3.05. The Balaban J connectivity index is 1.60. The predicted molar refractivity (Wildman–Crippen MR) is 102 cm³/mol. The molecule has 1 unspecified atom stereocenters. The van der Waals surface area contributed by atoms with Crippen molar-refractivity contribution in [2.45, 2.75) is 64.7 Å². The first-order valence-electron chi connectivity index (χ1n) is 10.5. The van der Waals surface area contributed by atoms with Gasteiger partial charge < -0.3 is 4.90 Å². The largest absolute Gasteiger partial charge is 0.304 e. The van der Waals surface area contributed by atoms with E-state index in [0.717, 1.165) is 23.7 Å². The lowest BCUT2D eigenvalue weighted by molar-refractivity contribution is -0.0711. The van der Waals surface area contributed by atoms with Crippen molar-refractivity contribution in [3.8, 4) is 0 Å². The molecule has 5 rings (SSSR count). The van der Waals surface area contributed by atoms with E-state index in [2.05, 4.69) is 49.1 Å². The van der Waals surface area contributed by atoms with Crippen LogP contribution in [0.2, 0.25) is 0 Å². The molecule has 0 aromatic heterocycles. The number of benzene rings is 1. The highest BCUT2D eigenvalue weighted by atomic mass is 15.1. The molecule has 0 radical (unpaired) electrons. The Kier molecular flexibility index (Phi) is 4.73. The van der Waals surface area contributed by atoms with E-state index in [-0.39, 0.29) is 0 Å². The molecule has 0 amide bonds. The molecule has 0 N–H and O–H groups in total. The van der Waals surface area contributed by atoms with E-state index >= 15 is 0 Å². The normalized spacial score (nSPS) is 35.5. The lowest BCUT2D eigenvalue weighted by Gasteiger charge is -2.60. The molecule has 1 atom stereocenters. The maximum absolute atomic E-state index is 2.62. The standard InChI is InChI=1S/C23H35N/c1-3-24(4-2)11-10-22(21-8-6-5-7-9-21)23-15-18-12-19(16-23)14-20(13-18)17-23/h5-9,18-20,22H,3-4,10-17H2,1-2H3. The van der Waals surface area contributed by atoms with Gasteiger partial charge in [0.05, 0.1) is 0 Å². The third-order valence-corrected chi connectivity index (χ3v) is 7.66. The predicted octanol–water partition coefficient (Wildman–Crippen LogP) is 5.72. The maximum atomic E-state index is 2.62. The molecule has 4 aliphatic carbocycles. The molecule has 132 valence electrons. The summed E-state index contributed by atoms with van der Waals surface area (Å²) in [5.74, 6) is 3.94. The molecule has 4 aliphatic rings. The Bertz CT molecular complexity index is 495. The highest BCUT2D eigenvalue weighted by molar-refractivity contribution is 5.24. The molecule has 1 aromatic rings. The molecule has 1 nitrogen and oxygen atoms in total. The zero-order valence-corrected chi connectivity index (χ0v) is 15.7. The van der Waals surface area contributed by atoms with Crippen molar-refractivity contribution >= 4 is 0 Å². The van der Waals surface area contributed by atoms with Crippen LogP contribution in [0.25, 0.3) is 0 Å². The quantitative estimate of drug-likeness (QED) is 0.620. The van der Waals surface area contributed by atoms with E-state index in [1.165, 1.54) is 45.3 Å². The maximum Gasteiger partial charge on any atom is -0.00129 e. The van der Waals surface area contributed by atoms with Gasteiger partial charge in [-0.1, -0.05) is 44.2 Å². The molecule has 4 saturated carbocycles. The fourth-order valence-electron chi connectivity index (χ4n) is 6.97. The minimum absolute atomic E-state index is 0.628. The van der Waals surface area contributed by atoms with Gasteiger partial charge in [0.15, 0.2) is 0 Å². The van der Waals surface area contributed by atoms with Crippen molar-refractivity contribution in [3.05, 3.63) is 35.9 Å². The molecule has 24 heavy (non-hydrogen) atoms. The van der Waals surface area contributed by atoms with Gasteiger partial charge in [-0.05, 0) is 99.2 Å². The first kappa shape index (κ1) is 16.6. The Morgan fingerprint density at radius 3 is 1.96 bits per heavy atom. The summed E-state index contributed by atoms with van der Waals surface area (Å²) >= 11 is 0. The molecule has 0 aliphatic heterocycles. The van der Waals surface area contributed by atoms with E-state index in [9.17, 15) is 0 Å². The van der Waals surface area contributed by atoms with Crippen LogP contribution in [0.3, 0.4) is 0 Å². The van der Waals surface area contributed by atoms with Crippen LogP contribution in [0, 0.1) is 23.2 Å². The van der Waals surface area contributed by atoms with Crippen molar-refractivity contribution in [2.24, 2.45) is 23.2 Å². The Morgan fingerprint density at radius 2 is 1.46 bits per heavy atom. The zero-order valence-electron chi connectivity index (χ0n) is 15.7. The Labute approximate surface area is 148 Å². The second-order valence-corrected chi connectivity index (χ2v) is 9.06. The Hall–Kier alpha value is -0.820. The number of rotatable bonds is 7. The van der Waals surface area contributed by atoms with Crippen molar-refractivity contribution in [3.63, 3.8) is 0 Å². The first-order chi connectivity index (χ1) is 11.7. The molecular weight excluding hydrogens is 290 g/mol.